The zero-order valence-corrected chi connectivity index (χ0v) is 21.0. The van der Waals surface area contributed by atoms with Gasteiger partial charge in [-0.15, -0.1) is 11.3 Å². The monoisotopic (exact) mass is 482 g/mol. The van der Waals surface area contributed by atoms with Crippen LogP contribution in [-0.2, 0) is 22.4 Å². The molecule has 1 N–H and O–H groups in total. The summed E-state index contributed by atoms with van der Waals surface area (Å²) in [5, 5.41) is 3.53. The molecule has 0 spiro atoms. The Hall–Kier alpha value is -2.67. The number of carbonyl (C=O) groups is 3. The fraction of sp³-hybridized carbons (Fsp3) is 0.519. The quantitative estimate of drug-likeness (QED) is 0.527. The first-order chi connectivity index (χ1) is 16.5. The number of hydrogen-bond acceptors (Lipinski definition) is 5. The summed E-state index contributed by atoms with van der Waals surface area (Å²) in [4.78, 5) is 42.3. The van der Waals surface area contributed by atoms with Crippen LogP contribution in [0.25, 0.3) is 0 Å². The van der Waals surface area contributed by atoms with E-state index in [-0.39, 0.29) is 37.0 Å². The van der Waals surface area contributed by atoms with E-state index in [2.05, 4.69) is 5.32 Å². The number of fused-ring (bicyclic) bond motifs is 1. The van der Waals surface area contributed by atoms with Crippen molar-refractivity contribution in [3.8, 4) is 0 Å². The van der Waals surface area contributed by atoms with Gasteiger partial charge in [0.1, 0.15) is 11.5 Å². The lowest BCUT2D eigenvalue weighted by Crippen LogP contribution is -2.45. The van der Waals surface area contributed by atoms with Gasteiger partial charge in [0.15, 0.2) is 0 Å². The Morgan fingerprint density at radius 3 is 2.44 bits per heavy atom. The molecule has 2 amide bonds. The molecule has 1 aromatic heterocycles. The fourth-order valence-electron chi connectivity index (χ4n) is 5.02. The second kappa shape index (κ2) is 11.2. The molecule has 1 aromatic carbocycles. The molecule has 0 aliphatic heterocycles. The van der Waals surface area contributed by atoms with E-state index >= 15 is 0 Å². The molecule has 6 nitrogen and oxygen atoms in total. The van der Waals surface area contributed by atoms with Crippen LogP contribution in [0.3, 0.4) is 0 Å². The highest BCUT2D eigenvalue weighted by Gasteiger charge is 2.31. The van der Waals surface area contributed by atoms with Crippen molar-refractivity contribution >= 4 is 34.1 Å². The predicted molar refractivity (Wildman–Crippen MR) is 135 cm³/mol. The van der Waals surface area contributed by atoms with Gasteiger partial charge in [-0.25, -0.2) is 4.79 Å². The van der Waals surface area contributed by atoms with E-state index in [9.17, 15) is 14.4 Å². The van der Waals surface area contributed by atoms with Crippen molar-refractivity contribution in [2.24, 2.45) is 0 Å². The van der Waals surface area contributed by atoms with Crippen molar-refractivity contribution in [3.05, 3.63) is 51.4 Å². The lowest BCUT2D eigenvalue weighted by molar-refractivity contribution is -0.117. The van der Waals surface area contributed by atoms with Crippen LogP contribution in [0.1, 0.15) is 88.6 Å². The number of thiophene rings is 1. The van der Waals surface area contributed by atoms with E-state index in [4.69, 9.17) is 4.74 Å². The maximum atomic E-state index is 13.4. The number of esters is 1. The van der Waals surface area contributed by atoms with Crippen LogP contribution in [0, 0.1) is 6.92 Å². The average Bonchev–Trinajstić information content (AvgIpc) is 3.21. The van der Waals surface area contributed by atoms with Gasteiger partial charge in [0.05, 0.1) is 12.2 Å². The number of benzene rings is 1. The molecule has 1 saturated carbocycles. The Balaban J connectivity index is 1.56. The highest BCUT2D eigenvalue weighted by Crippen LogP contribution is 2.38. The molecule has 4 rings (SSSR count). The van der Waals surface area contributed by atoms with Crippen LogP contribution in [0.2, 0.25) is 0 Å². The highest BCUT2D eigenvalue weighted by molar-refractivity contribution is 7.17. The fourth-order valence-corrected chi connectivity index (χ4v) is 6.31. The highest BCUT2D eigenvalue weighted by atomic mass is 32.1. The smallest absolute Gasteiger partial charge is 0.341 e. The lowest BCUT2D eigenvalue weighted by Gasteiger charge is -2.34. The molecule has 2 aliphatic rings. The van der Waals surface area contributed by atoms with Gasteiger partial charge >= 0.3 is 5.97 Å². The zero-order valence-electron chi connectivity index (χ0n) is 20.2. The summed E-state index contributed by atoms with van der Waals surface area (Å²) in [6.45, 7) is 4.04. The number of nitrogens with one attached hydrogen (secondary N) is 1. The Morgan fingerprint density at radius 2 is 1.74 bits per heavy atom. The average molecular weight is 483 g/mol. The van der Waals surface area contributed by atoms with Crippen molar-refractivity contribution in [2.75, 3.05) is 18.5 Å². The number of ether oxygens (including phenoxy) is 1. The molecule has 1 heterocycles. The molecule has 0 unspecified atom stereocenters. The van der Waals surface area contributed by atoms with Gasteiger partial charge in [0.25, 0.3) is 5.91 Å². The number of nitrogens with zero attached hydrogens (tertiary/aromatic N) is 1. The van der Waals surface area contributed by atoms with Crippen molar-refractivity contribution < 1.29 is 19.1 Å². The van der Waals surface area contributed by atoms with E-state index in [1.807, 2.05) is 31.2 Å². The molecule has 1 fully saturated rings. The van der Waals surface area contributed by atoms with Crippen LogP contribution in [0.5, 0.6) is 0 Å². The van der Waals surface area contributed by atoms with E-state index < -0.39 is 0 Å². The van der Waals surface area contributed by atoms with Crippen LogP contribution < -0.4 is 5.32 Å². The summed E-state index contributed by atoms with van der Waals surface area (Å²) in [6, 6.07) is 7.56. The molecular formula is C27H34N2O4S. The molecular weight excluding hydrogens is 448 g/mol. The summed E-state index contributed by atoms with van der Waals surface area (Å²) in [5.41, 5.74) is 3.21. The number of hydrogen-bond donors (Lipinski definition) is 1. The molecule has 182 valence electrons. The Bertz CT molecular complexity index is 1040. The van der Waals surface area contributed by atoms with Gasteiger partial charge in [-0.05, 0) is 70.1 Å². The third-order valence-corrected chi connectivity index (χ3v) is 8.00. The Labute approximate surface area is 205 Å². The van der Waals surface area contributed by atoms with E-state index in [0.717, 1.165) is 67.4 Å². The van der Waals surface area contributed by atoms with Crippen LogP contribution >= 0.6 is 11.3 Å². The first-order valence-electron chi connectivity index (χ1n) is 12.5. The second-order valence-corrected chi connectivity index (χ2v) is 10.4. The minimum Gasteiger partial charge on any atom is -0.462 e. The van der Waals surface area contributed by atoms with E-state index in [0.29, 0.717) is 16.1 Å². The number of carbonyl (C=O) groups excluding carboxylic acids is 3. The summed E-state index contributed by atoms with van der Waals surface area (Å²) in [5.74, 6) is -0.759. The Kier molecular flexibility index (Phi) is 8.03. The maximum absolute atomic E-state index is 13.4. The van der Waals surface area contributed by atoms with Crippen LogP contribution in [0.15, 0.2) is 24.3 Å². The number of rotatable bonds is 7. The molecule has 0 saturated heterocycles. The van der Waals surface area contributed by atoms with Gasteiger partial charge in [0.2, 0.25) is 5.91 Å². The standard InChI is InChI=1S/C27H34N2O4S/c1-3-33-27(32)24-21-11-7-8-12-22(21)34-25(24)28-23(30)17-29(20-9-5-4-6-10-20)26(31)19-15-13-18(2)14-16-19/h13-16,20H,3-12,17H2,1-2H3,(H,28,30). The van der Waals surface area contributed by atoms with E-state index in [1.54, 1.807) is 11.8 Å². The largest absolute Gasteiger partial charge is 0.462 e. The van der Waals surface area contributed by atoms with Crippen molar-refractivity contribution in [2.45, 2.75) is 77.7 Å². The van der Waals surface area contributed by atoms with Crippen LogP contribution in [-0.4, -0.2) is 41.9 Å². The maximum Gasteiger partial charge on any atom is 0.341 e. The minimum atomic E-state index is -0.378. The number of aryl methyl sites for hydroxylation is 2. The first kappa shape index (κ1) is 24.5. The third-order valence-electron chi connectivity index (χ3n) is 6.79. The molecule has 0 atom stereocenters. The second-order valence-electron chi connectivity index (χ2n) is 9.27. The predicted octanol–water partition coefficient (Wildman–Crippen LogP) is 5.53. The Morgan fingerprint density at radius 1 is 1.03 bits per heavy atom. The molecule has 34 heavy (non-hydrogen) atoms. The van der Waals surface area contributed by atoms with Crippen LogP contribution in [0.4, 0.5) is 5.00 Å². The summed E-state index contributed by atoms with van der Waals surface area (Å²) in [6.07, 6.45) is 8.98. The van der Waals surface area contributed by atoms with Gasteiger partial charge in [0, 0.05) is 16.5 Å². The topological polar surface area (TPSA) is 75.7 Å². The third kappa shape index (κ3) is 5.52. The summed E-state index contributed by atoms with van der Waals surface area (Å²) >= 11 is 1.48. The normalized spacial score (nSPS) is 15.9. The summed E-state index contributed by atoms with van der Waals surface area (Å²) in [7, 11) is 0. The molecule has 2 aromatic rings. The minimum absolute atomic E-state index is 0.0256. The van der Waals surface area contributed by atoms with Crippen molar-refractivity contribution in [1.82, 2.24) is 4.90 Å². The van der Waals surface area contributed by atoms with Crippen molar-refractivity contribution in [3.63, 3.8) is 0 Å². The summed E-state index contributed by atoms with van der Waals surface area (Å²) < 4.78 is 5.31. The molecule has 7 heteroatoms. The van der Waals surface area contributed by atoms with Gasteiger partial charge < -0.3 is 15.0 Å². The molecule has 0 radical (unpaired) electrons. The van der Waals surface area contributed by atoms with E-state index in [1.165, 1.54) is 17.8 Å². The number of amides is 2. The van der Waals surface area contributed by atoms with Gasteiger partial charge in [-0.3, -0.25) is 9.59 Å². The molecule has 0 bridgehead atoms. The SMILES string of the molecule is CCOC(=O)c1c(NC(=O)CN(C(=O)c2ccc(C)cc2)C2CCCCC2)sc2c1CCCC2. The van der Waals surface area contributed by atoms with Crippen molar-refractivity contribution in [1.29, 1.82) is 0 Å². The zero-order chi connectivity index (χ0) is 24.1. The first-order valence-corrected chi connectivity index (χ1v) is 13.3. The van der Waals surface area contributed by atoms with Gasteiger partial charge in [-0.1, -0.05) is 37.0 Å². The molecule has 2 aliphatic carbocycles. The van der Waals surface area contributed by atoms with Gasteiger partial charge in [-0.2, -0.15) is 0 Å². The lowest BCUT2D eigenvalue weighted by atomic mass is 9.93. The number of anilines is 1.